The van der Waals surface area contributed by atoms with Crippen LogP contribution in [0, 0.1) is 0 Å². The van der Waals surface area contributed by atoms with E-state index in [0.29, 0.717) is 34.4 Å². The van der Waals surface area contributed by atoms with Gasteiger partial charge in [-0.05, 0) is 12.1 Å². The zero-order valence-corrected chi connectivity index (χ0v) is 16.6. The Hall–Kier alpha value is -3.81. The third-order valence-corrected chi connectivity index (χ3v) is 4.07. The van der Waals surface area contributed by atoms with Gasteiger partial charge in [0, 0.05) is 36.0 Å². The van der Waals surface area contributed by atoms with Crippen molar-refractivity contribution in [2.75, 3.05) is 32.0 Å². The highest BCUT2D eigenvalue weighted by Gasteiger charge is 2.14. The van der Waals surface area contributed by atoms with E-state index in [4.69, 9.17) is 14.2 Å². The molecule has 0 unspecified atom stereocenters. The summed E-state index contributed by atoms with van der Waals surface area (Å²) in [6, 6.07) is 11.0. The van der Waals surface area contributed by atoms with E-state index >= 15 is 0 Å². The van der Waals surface area contributed by atoms with Crippen molar-refractivity contribution in [3.8, 4) is 28.5 Å². The number of rotatable bonds is 7. The lowest BCUT2D eigenvalue weighted by Gasteiger charge is -2.15. The molecule has 0 aliphatic rings. The van der Waals surface area contributed by atoms with Gasteiger partial charge in [0.15, 0.2) is 11.5 Å². The second kappa shape index (κ2) is 8.92. The summed E-state index contributed by atoms with van der Waals surface area (Å²) < 4.78 is 16.1. The fourth-order valence-corrected chi connectivity index (χ4v) is 2.79. The molecule has 0 aliphatic carbocycles. The molecule has 3 aromatic rings. The van der Waals surface area contributed by atoms with Crippen molar-refractivity contribution in [3.05, 3.63) is 48.8 Å². The highest BCUT2D eigenvalue weighted by atomic mass is 16.5. The summed E-state index contributed by atoms with van der Waals surface area (Å²) in [6.07, 6.45) is 3.30. The molecule has 0 radical (unpaired) electrons. The quantitative estimate of drug-likeness (QED) is 0.628. The smallest absolute Gasteiger partial charge is 0.221 e. The molecular formula is C21H22N4O4. The number of nitrogens with zero attached hydrogens (tertiary/aromatic N) is 2. The van der Waals surface area contributed by atoms with E-state index in [9.17, 15) is 4.79 Å². The molecule has 8 nitrogen and oxygen atoms in total. The van der Waals surface area contributed by atoms with Crippen molar-refractivity contribution >= 4 is 23.1 Å². The van der Waals surface area contributed by atoms with E-state index in [1.807, 2.05) is 24.3 Å². The number of nitrogens with one attached hydrogen (secondary N) is 2. The fraction of sp³-hybridized carbons (Fsp3) is 0.190. The predicted octanol–water partition coefficient (Wildman–Crippen LogP) is 3.87. The van der Waals surface area contributed by atoms with E-state index in [1.54, 1.807) is 45.9 Å². The summed E-state index contributed by atoms with van der Waals surface area (Å²) in [4.78, 5) is 20.0. The maximum absolute atomic E-state index is 11.2. The number of methoxy groups -OCH3 is 3. The minimum absolute atomic E-state index is 0.117. The first-order valence-corrected chi connectivity index (χ1v) is 8.81. The number of ether oxygens (including phenoxy) is 3. The highest BCUT2D eigenvalue weighted by Crippen LogP contribution is 2.40. The standard InChI is InChI=1S/C21H22N4O4/c1-13(26)23-15-7-5-14(6-8-15)17-11-22-12-20(25-17)24-16-9-18(27-2)21(29-4)19(10-16)28-3/h5-12H,1-4H3,(H,23,26)(H,24,25). The Morgan fingerprint density at radius 1 is 0.897 bits per heavy atom. The number of hydrogen-bond acceptors (Lipinski definition) is 7. The van der Waals surface area contributed by atoms with Crippen LogP contribution in [0.5, 0.6) is 17.2 Å². The average molecular weight is 394 g/mol. The number of carbonyl (C=O) groups excluding carboxylic acids is 1. The molecule has 0 spiro atoms. The van der Waals surface area contributed by atoms with Gasteiger partial charge in [-0.2, -0.15) is 0 Å². The average Bonchev–Trinajstić information content (AvgIpc) is 2.73. The second-order valence-electron chi connectivity index (χ2n) is 6.09. The van der Waals surface area contributed by atoms with Crippen LogP contribution in [0.3, 0.4) is 0 Å². The molecule has 0 saturated carbocycles. The van der Waals surface area contributed by atoms with Crippen molar-refractivity contribution < 1.29 is 19.0 Å². The van der Waals surface area contributed by atoms with Gasteiger partial charge in [0.25, 0.3) is 0 Å². The van der Waals surface area contributed by atoms with Gasteiger partial charge in [0.2, 0.25) is 11.7 Å². The van der Waals surface area contributed by atoms with Crippen molar-refractivity contribution in [1.29, 1.82) is 0 Å². The molecule has 2 N–H and O–H groups in total. The van der Waals surface area contributed by atoms with Crippen LogP contribution in [0.25, 0.3) is 11.3 Å². The lowest BCUT2D eigenvalue weighted by atomic mass is 10.1. The molecule has 8 heteroatoms. The number of aromatic nitrogens is 2. The molecular weight excluding hydrogens is 372 g/mol. The lowest BCUT2D eigenvalue weighted by Crippen LogP contribution is -2.05. The molecule has 0 bridgehead atoms. The van der Waals surface area contributed by atoms with Gasteiger partial charge in [-0.15, -0.1) is 0 Å². The van der Waals surface area contributed by atoms with E-state index < -0.39 is 0 Å². The van der Waals surface area contributed by atoms with Crippen LogP contribution in [0.15, 0.2) is 48.8 Å². The van der Waals surface area contributed by atoms with Crippen LogP contribution in [-0.2, 0) is 4.79 Å². The Balaban J connectivity index is 1.86. The first kappa shape index (κ1) is 19.9. The molecule has 1 heterocycles. The summed E-state index contributed by atoms with van der Waals surface area (Å²) in [5, 5.41) is 5.94. The summed E-state index contributed by atoms with van der Waals surface area (Å²) in [7, 11) is 4.68. The van der Waals surface area contributed by atoms with Crippen molar-refractivity contribution in [2.45, 2.75) is 6.92 Å². The van der Waals surface area contributed by atoms with Gasteiger partial charge in [0.05, 0.1) is 39.4 Å². The molecule has 0 atom stereocenters. The largest absolute Gasteiger partial charge is 0.493 e. The highest BCUT2D eigenvalue weighted by molar-refractivity contribution is 5.88. The summed E-state index contributed by atoms with van der Waals surface area (Å²) in [6.45, 7) is 1.47. The Kier molecular flexibility index (Phi) is 6.13. The number of hydrogen-bond donors (Lipinski definition) is 2. The summed E-state index contributed by atoms with van der Waals surface area (Å²) in [5.41, 5.74) is 3.00. The first-order chi connectivity index (χ1) is 14.0. The molecule has 1 amide bonds. The van der Waals surface area contributed by atoms with E-state index in [-0.39, 0.29) is 5.91 Å². The molecule has 0 saturated heterocycles. The van der Waals surface area contributed by atoms with Crippen molar-refractivity contribution in [1.82, 2.24) is 9.97 Å². The molecule has 150 valence electrons. The number of carbonyl (C=O) groups is 1. The zero-order chi connectivity index (χ0) is 20.8. The normalized spacial score (nSPS) is 10.2. The van der Waals surface area contributed by atoms with E-state index in [0.717, 1.165) is 11.3 Å². The third-order valence-electron chi connectivity index (χ3n) is 4.07. The molecule has 3 rings (SSSR count). The van der Waals surface area contributed by atoms with Gasteiger partial charge in [-0.1, -0.05) is 12.1 Å². The maximum atomic E-state index is 11.2. The molecule has 1 aromatic heterocycles. The van der Waals surface area contributed by atoms with Crippen LogP contribution in [0.2, 0.25) is 0 Å². The number of anilines is 3. The molecule has 0 aliphatic heterocycles. The van der Waals surface area contributed by atoms with Crippen LogP contribution < -0.4 is 24.8 Å². The minimum Gasteiger partial charge on any atom is -0.493 e. The van der Waals surface area contributed by atoms with Crippen LogP contribution in [0.4, 0.5) is 17.2 Å². The third kappa shape index (κ3) is 4.73. The fourth-order valence-electron chi connectivity index (χ4n) is 2.79. The van der Waals surface area contributed by atoms with Crippen molar-refractivity contribution in [3.63, 3.8) is 0 Å². The SMILES string of the molecule is COc1cc(Nc2cncc(-c3ccc(NC(C)=O)cc3)n2)cc(OC)c1OC. The number of benzene rings is 2. The van der Waals surface area contributed by atoms with Crippen LogP contribution in [-0.4, -0.2) is 37.2 Å². The Labute approximate surface area is 168 Å². The Bertz CT molecular complexity index is 981. The topological polar surface area (TPSA) is 94.6 Å². The van der Waals surface area contributed by atoms with Gasteiger partial charge >= 0.3 is 0 Å². The Morgan fingerprint density at radius 3 is 2.10 bits per heavy atom. The summed E-state index contributed by atoms with van der Waals surface area (Å²) in [5.74, 6) is 2.02. The van der Waals surface area contributed by atoms with E-state index in [2.05, 4.69) is 20.6 Å². The zero-order valence-electron chi connectivity index (χ0n) is 16.6. The minimum atomic E-state index is -0.117. The van der Waals surface area contributed by atoms with Gasteiger partial charge in [-0.3, -0.25) is 9.78 Å². The Morgan fingerprint density at radius 2 is 1.55 bits per heavy atom. The monoisotopic (exact) mass is 394 g/mol. The van der Waals surface area contributed by atoms with Gasteiger partial charge < -0.3 is 24.8 Å². The van der Waals surface area contributed by atoms with Crippen LogP contribution >= 0.6 is 0 Å². The van der Waals surface area contributed by atoms with Crippen LogP contribution in [0.1, 0.15) is 6.92 Å². The second-order valence-corrected chi connectivity index (χ2v) is 6.09. The van der Waals surface area contributed by atoms with Gasteiger partial charge in [0.1, 0.15) is 5.82 Å². The number of amides is 1. The summed E-state index contributed by atoms with van der Waals surface area (Å²) >= 11 is 0. The van der Waals surface area contributed by atoms with E-state index in [1.165, 1.54) is 6.92 Å². The first-order valence-electron chi connectivity index (χ1n) is 8.81. The molecule has 29 heavy (non-hydrogen) atoms. The molecule has 2 aromatic carbocycles. The van der Waals surface area contributed by atoms with Crippen molar-refractivity contribution in [2.24, 2.45) is 0 Å². The molecule has 0 fully saturated rings. The van der Waals surface area contributed by atoms with Gasteiger partial charge in [-0.25, -0.2) is 4.98 Å². The predicted molar refractivity (Wildman–Crippen MR) is 111 cm³/mol. The lowest BCUT2D eigenvalue weighted by molar-refractivity contribution is -0.114. The maximum Gasteiger partial charge on any atom is 0.221 e.